The molecule has 0 spiro atoms. The van der Waals surface area contributed by atoms with Crippen molar-refractivity contribution in [3.63, 3.8) is 0 Å². The second-order valence-electron chi connectivity index (χ2n) is 5.06. The summed E-state index contributed by atoms with van der Waals surface area (Å²) >= 11 is 0. The van der Waals surface area contributed by atoms with Gasteiger partial charge in [-0.15, -0.1) is 0 Å². The van der Waals surface area contributed by atoms with Gasteiger partial charge in [0.15, 0.2) is 0 Å². The van der Waals surface area contributed by atoms with Crippen LogP contribution < -0.4 is 5.32 Å². The average Bonchev–Trinajstić information content (AvgIpc) is 3.02. The van der Waals surface area contributed by atoms with E-state index in [1.54, 1.807) is 0 Å². The minimum atomic E-state index is -0.211. The van der Waals surface area contributed by atoms with Crippen LogP contribution in [0.15, 0.2) is 0 Å². The summed E-state index contributed by atoms with van der Waals surface area (Å²) in [5, 5.41) is 13.2. The highest BCUT2D eigenvalue weighted by molar-refractivity contribution is 4.78. The van der Waals surface area contributed by atoms with Crippen molar-refractivity contribution in [2.45, 2.75) is 45.6 Å². The molecule has 1 aliphatic carbocycles. The van der Waals surface area contributed by atoms with Gasteiger partial charge in [0.25, 0.3) is 0 Å². The first-order valence-electron chi connectivity index (χ1n) is 6.87. The molecule has 0 amide bonds. The SMILES string of the molecule is CCCNCC(O)CN(CCC)CC1CC1. The van der Waals surface area contributed by atoms with Gasteiger partial charge in [-0.25, -0.2) is 0 Å². The summed E-state index contributed by atoms with van der Waals surface area (Å²) in [4.78, 5) is 2.43. The molecule has 0 radical (unpaired) electrons. The molecule has 16 heavy (non-hydrogen) atoms. The zero-order chi connectivity index (χ0) is 11.8. The van der Waals surface area contributed by atoms with Gasteiger partial charge >= 0.3 is 0 Å². The summed E-state index contributed by atoms with van der Waals surface area (Å²) < 4.78 is 0. The topological polar surface area (TPSA) is 35.5 Å². The minimum absolute atomic E-state index is 0.211. The van der Waals surface area contributed by atoms with Crippen LogP contribution in [0.25, 0.3) is 0 Å². The van der Waals surface area contributed by atoms with Crippen LogP contribution >= 0.6 is 0 Å². The molecule has 3 nitrogen and oxygen atoms in total. The van der Waals surface area contributed by atoms with Gasteiger partial charge in [-0.1, -0.05) is 13.8 Å². The number of nitrogens with one attached hydrogen (secondary N) is 1. The summed E-state index contributed by atoms with van der Waals surface area (Å²) in [5.74, 6) is 0.919. The second-order valence-corrected chi connectivity index (χ2v) is 5.06. The van der Waals surface area contributed by atoms with Gasteiger partial charge in [-0.05, 0) is 44.7 Å². The monoisotopic (exact) mass is 228 g/mol. The average molecular weight is 228 g/mol. The molecule has 2 N–H and O–H groups in total. The van der Waals surface area contributed by atoms with Crippen LogP contribution in [0.3, 0.4) is 0 Å². The lowest BCUT2D eigenvalue weighted by atomic mass is 10.2. The maximum absolute atomic E-state index is 9.90. The molecular formula is C13H28N2O. The first-order valence-corrected chi connectivity index (χ1v) is 6.87. The van der Waals surface area contributed by atoms with Crippen molar-refractivity contribution >= 4 is 0 Å². The molecule has 1 unspecified atom stereocenters. The number of hydrogen-bond donors (Lipinski definition) is 2. The van der Waals surface area contributed by atoms with Gasteiger partial charge < -0.3 is 15.3 Å². The standard InChI is InChI=1S/C13H28N2O/c1-3-7-14-9-13(16)11-15(8-4-2)10-12-5-6-12/h12-14,16H,3-11H2,1-2H3. The highest BCUT2D eigenvalue weighted by Gasteiger charge is 2.24. The third kappa shape index (κ3) is 6.46. The molecule has 0 aromatic rings. The largest absolute Gasteiger partial charge is 0.390 e. The summed E-state index contributed by atoms with van der Waals surface area (Å²) in [6, 6.07) is 0. The molecule has 0 aromatic heterocycles. The maximum Gasteiger partial charge on any atom is 0.0791 e. The fourth-order valence-electron chi connectivity index (χ4n) is 2.05. The molecular weight excluding hydrogens is 200 g/mol. The molecule has 3 heteroatoms. The van der Waals surface area contributed by atoms with E-state index in [9.17, 15) is 5.11 Å². The van der Waals surface area contributed by atoms with Crippen molar-refractivity contribution in [3.8, 4) is 0 Å². The Hall–Kier alpha value is -0.120. The van der Waals surface area contributed by atoms with Crippen molar-refractivity contribution in [2.75, 3.05) is 32.7 Å². The van der Waals surface area contributed by atoms with Gasteiger partial charge in [-0.3, -0.25) is 0 Å². The third-order valence-electron chi connectivity index (χ3n) is 3.03. The Morgan fingerprint density at radius 3 is 2.62 bits per heavy atom. The van der Waals surface area contributed by atoms with Crippen LogP contribution in [-0.2, 0) is 0 Å². The van der Waals surface area contributed by atoms with E-state index in [1.165, 1.54) is 25.8 Å². The van der Waals surface area contributed by atoms with Crippen molar-refractivity contribution in [1.82, 2.24) is 10.2 Å². The Bertz CT molecular complexity index is 171. The van der Waals surface area contributed by atoms with Crippen LogP contribution in [0, 0.1) is 5.92 Å². The van der Waals surface area contributed by atoms with Crippen molar-refractivity contribution in [3.05, 3.63) is 0 Å². The Labute approximate surface area is 100 Å². The quantitative estimate of drug-likeness (QED) is 0.556. The van der Waals surface area contributed by atoms with Crippen LogP contribution in [-0.4, -0.2) is 48.8 Å². The molecule has 0 aromatic carbocycles. The molecule has 0 saturated heterocycles. The van der Waals surface area contributed by atoms with E-state index in [2.05, 4.69) is 24.1 Å². The van der Waals surface area contributed by atoms with E-state index in [-0.39, 0.29) is 6.10 Å². The molecule has 96 valence electrons. The van der Waals surface area contributed by atoms with Crippen molar-refractivity contribution < 1.29 is 5.11 Å². The molecule has 0 heterocycles. The smallest absolute Gasteiger partial charge is 0.0791 e. The fourth-order valence-corrected chi connectivity index (χ4v) is 2.05. The minimum Gasteiger partial charge on any atom is -0.390 e. The normalized spacial score (nSPS) is 18.0. The Morgan fingerprint density at radius 1 is 1.31 bits per heavy atom. The van der Waals surface area contributed by atoms with Crippen molar-refractivity contribution in [2.24, 2.45) is 5.92 Å². The van der Waals surface area contributed by atoms with E-state index >= 15 is 0 Å². The summed E-state index contributed by atoms with van der Waals surface area (Å²) in [7, 11) is 0. The Kier molecular flexibility index (Phi) is 7.01. The highest BCUT2D eigenvalue weighted by atomic mass is 16.3. The first-order chi connectivity index (χ1) is 7.76. The Balaban J connectivity index is 2.12. The zero-order valence-corrected chi connectivity index (χ0v) is 10.9. The van der Waals surface area contributed by atoms with Gasteiger partial charge in [0.05, 0.1) is 6.10 Å². The lowest BCUT2D eigenvalue weighted by Crippen LogP contribution is -2.39. The second kappa shape index (κ2) is 8.04. The highest BCUT2D eigenvalue weighted by Crippen LogP contribution is 2.29. The molecule has 1 rings (SSSR count). The summed E-state index contributed by atoms with van der Waals surface area (Å²) in [6.07, 6.45) is 4.89. The predicted molar refractivity (Wildman–Crippen MR) is 68.6 cm³/mol. The number of nitrogens with zero attached hydrogens (tertiary/aromatic N) is 1. The fraction of sp³-hybridized carbons (Fsp3) is 1.00. The van der Waals surface area contributed by atoms with Gasteiger partial charge in [-0.2, -0.15) is 0 Å². The van der Waals surface area contributed by atoms with E-state index in [0.717, 1.165) is 38.5 Å². The van der Waals surface area contributed by atoms with Crippen LogP contribution in [0.5, 0.6) is 0 Å². The van der Waals surface area contributed by atoms with E-state index in [4.69, 9.17) is 0 Å². The molecule has 1 atom stereocenters. The third-order valence-corrected chi connectivity index (χ3v) is 3.03. The predicted octanol–water partition coefficient (Wildman–Crippen LogP) is 1.47. The first kappa shape index (κ1) is 13.9. The molecule has 1 aliphatic rings. The van der Waals surface area contributed by atoms with Gasteiger partial charge in [0.2, 0.25) is 0 Å². The molecule has 0 bridgehead atoms. The molecule has 1 saturated carbocycles. The van der Waals surface area contributed by atoms with Gasteiger partial charge in [0, 0.05) is 19.6 Å². The molecule has 1 fully saturated rings. The number of rotatable bonds is 10. The summed E-state index contributed by atoms with van der Waals surface area (Å²) in [6.45, 7) is 9.25. The zero-order valence-electron chi connectivity index (χ0n) is 10.9. The van der Waals surface area contributed by atoms with Crippen molar-refractivity contribution in [1.29, 1.82) is 0 Å². The van der Waals surface area contributed by atoms with E-state index in [1.807, 2.05) is 0 Å². The Morgan fingerprint density at radius 2 is 2.06 bits per heavy atom. The number of hydrogen-bond acceptors (Lipinski definition) is 3. The lowest BCUT2D eigenvalue weighted by Gasteiger charge is -2.24. The summed E-state index contributed by atoms with van der Waals surface area (Å²) in [5.41, 5.74) is 0. The van der Waals surface area contributed by atoms with Crippen LogP contribution in [0.4, 0.5) is 0 Å². The van der Waals surface area contributed by atoms with E-state index in [0.29, 0.717) is 0 Å². The van der Waals surface area contributed by atoms with Crippen LogP contribution in [0.1, 0.15) is 39.5 Å². The number of aliphatic hydroxyl groups is 1. The van der Waals surface area contributed by atoms with Crippen LogP contribution in [0.2, 0.25) is 0 Å². The van der Waals surface area contributed by atoms with Gasteiger partial charge in [0.1, 0.15) is 0 Å². The number of aliphatic hydroxyl groups excluding tert-OH is 1. The molecule has 0 aliphatic heterocycles. The lowest BCUT2D eigenvalue weighted by molar-refractivity contribution is 0.108. The van der Waals surface area contributed by atoms with E-state index < -0.39 is 0 Å². The maximum atomic E-state index is 9.90.